The van der Waals surface area contributed by atoms with Crippen LogP contribution in [0.15, 0.2) is 35.4 Å². The number of hydrogen-bond donors (Lipinski definition) is 2. The molecule has 1 heterocycles. The standard InChI is InChI=1S/C11H14N4S/c1-15-7-10(12)11(14-15)13-8-4-3-5-9(6-8)16-2/h3-7H,12H2,1-2H3,(H,13,14). The Morgan fingerprint density at radius 3 is 2.88 bits per heavy atom. The van der Waals surface area contributed by atoms with Crippen molar-refractivity contribution in [2.45, 2.75) is 4.90 Å². The van der Waals surface area contributed by atoms with Gasteiger partial charge >= 0.3 is 0 Å². The summed E-state index contributed by atoms with van der Waals surface area (Å²) in [6.45, 7) is 0. The zero-order chi connectivity index (χ0) is 11.5. The van der Waals surface area contributed by atoms with Crippen LogP contribution in [0.5, 0.6) is 0 Å². The van der Waals surface area contributed by atoms with Gasteiger partial charge in [-0.15, -0.1) is 11.8 Å². The fraction of sp³-hybridized carbons (Fsp3) is 0.182. The van der Waals surface area contributed by atoms with Crippen molar-refractivity contribution in [3.8, 4) is 0 Å². The molecule has 2 aromatic rings. The molecule has 2 rings (SSSR count). The molecule has 5 heteroatoms. The van der Waals surface area contributed by atoms with E-state index in [9.17, 15) is 0 Å². The molecule has 0 spiro atoms. The molecule has 0 aliphatic carbocycles. The van der Waals surface area contributed by atoms with Crippen LogP contribution in [-0.4, -0.2) is 16.0 Å². The molecule has 0 atom stereocenters. The quantitative estimate of drug-likeness (QED) is 0.801. The van der Waals surface area contributed by atoms with E-state index in [0.29, 0.717) is 11.5 Å². The number of nitrogen functional groups attached to an aromatic ring is 1. The topological polar surface area (TPSA) is 55.9 Å². The molecular formula is C11H14N4S. The van der Waals surface area contributed by atoms with E-state index in [0.717, 1.165) is 5.69 Å². The highest BCUT2D eigenvalue weighted by Gasteiger charge is 2.04. The van der Waals surface area contributed by atoms with Crippen molar-refractivity contribution < 1.29 is 0 Å². The Bertz CT molecular complexity index is 492. The van der Waals surface area contributed by atoms with Gasteiger partial charge in [0.05, 0.1) is 5.69 Å². The number of nitrogens with two attached hydrogens (primary N) is 1. The van der Waals surface area contributed by atoms with Gasteiger partial charge in [-0.25, -0.2) is 0 Å². The second-order valence-corrected chi connectivity index (χ2v) is 4.34. The van der Waals surface area contributed by atoms with Gasteiger partial charge < -0.3 is 11.1 Å². The van der Waals surface area contributed by atoms with Crippen LogP contribution in [0.4, 0.5) is 17.2 Å². The molecule has 84 valence electrons. The molecule has 0 saturated heterocycles. The predicted octanol–water partition coefficient (Wildman–Crippen LogP) is 2.47. The van der Waals surface area contributed by atoms with Crippen molar-refractivity contribution in [1.29, 1.82) is 0 Å². The number of anilines is 3. The molecule has 0 saturated carbocycles. The Morgan fingerprint density at radius 2 is 2.25 bits per heavy atom. The normalized spacial score (nSPS) is 10.4. The highest BCUT2D eigenvalue weighted by atomic mass is 32.2. The van der Waals surface area contributed by atoms with Gasteiger partial charge in [0.2, 0.25) is 0 Å². The summed E-state index contributed by atoms with van der Waals surface area (Å²) < 4.78 is 1.69. The largest absolute Gasteiger partial charge is 0.394 e. The SMILES string of the molecule is CSc1cccc(Nc2nn(C)cc2N)c1. The molecule has 1 aromatic heterocycles. The maximum atomic E-state index is 5.81. The van der Waals surface area contributed by atoms with Crippen LogP contribution >= 0.6 is 11.8 Å². The molecule has 0 fully saturated rings. The fourth-order valence-electron chi connectivity index (χ4n) is 1.44. The molecule has 3 N–H and O–H groups in total. The highest BCUT2D eigenvalue weighted by molar-refractivity contribution is 7.98. The zero-order valence-electron chi connectivity index (χ0n) is 9.27. The van der Waals surface area contributed by atoms with E-state index in [2.05, 4.69) is 22.5 Å². The third-order valence-corrected chi connectivity index (χ3v) is 2.91. The predicted molar refractivity (Wildman–Crippen MR) is 69.1 cm³/mol. The molecule has 16 heavy (non-hydrogen) atoms. The molecule has 0 aliphatic heterocycles. The van der Waals surface area contributed by atoms with Crippen LogP contribution in [-0.2, 0) is 7.05 Å². The van der Waals surface area contributed by atoms with Crippen molar-refractivity contribution >= 4 is 29.0 Å². The number of nitrogens with one attached hydrogen (secondary N) is 1. The lowest BCUT2D eigenvalue weighted by Crippen LogP contribution is -1.95. The van der Waals surface area contributed by atoms with E-state index in [1.165, 1.54) is 4.90 Å². The lowest BCUT2D eigenvalue weighted by atomic mass is 10.3. The third kappa shape index (κ3) is 2.30. The molecule has 0 bridgehead atoms. The van der Waals surface area contributed by atoms with E-state index in [1.54, 1.807) is 22.6 Å². The van der Waals surface area contributed by atoms with E-state index < -0.39 is 0 Å². The minimum atomic E-state index is 0.650. The van der Waals surface area contributed by atoms with Crippen LogP contribution < -0.4 is 11.1 Å². The number of aryl methyl sites for hydroxylation is 1. The van der Waals surface area contributed by atoms with Gasteiger partial charge in [-0.3, -0.25) is 4.68 Å². The summed E-state index contributed by atoms with van der Waals surface area (Å²) in [4.78, 5) is 1.21. The zero-order valence-corrected chi connectivity index (χ0v) is 10.1. The molecule has 0 radical (unpaired) electrons. The molecule has 1 aromatic carbocycles. The van der Waals surface area contributed by atoms with Gasteiger partial charge in [0.1, 0.15) is 0 Å². The van der Waals surface area contributed by atoms with Gasteiger partial charge in [0, 0.05) is 23.8 Å². The monoisotopic (exact) mass is 234 g/mol. The fourth-order valence-corrected chi connectivity index (χ4v) is 1.90. The summed E-state index contributed by atoms with van der Waals surface area (Å²) in [6.07, 6.45) is 3.83. The number of benzene rings is 1. The first-order chi connectivity index (χ1) is 7.69. The third-order valence-electron chi connectivity index (χ3n) is 2.19. The van der Waals surface area contributed by atoms with Gasteiger partial charge in [0.15, 0.2) is 5.82 Å². The molecule has 0 unspecified atom stereocenters. The number of rotatable bonds is 3. The van der Waals surface area contributed by atoms with Gasteiger partial charge in [0.25, 0.3) is 0 Å². The van der Waals surface area contributed by atoms with Crippen LogP contribution in [0.2, 0.25) is 0 Å². The van der Waals surface area contributed by atoms with Crippen molar-refractivity contribution in [2.24, 2.45) is 7.05 Å². The lowest BCUT2D eigenvalue weighted by molar-refractivity contribution is 0.771. The highest BCUT2D eigenvalue weighted by Crippen LogP contribution is 2.24. The first kappa shape index (κ1) is 10.9. The molecular weight excluding hydrogens is 220 g/mol. The van der Waals surface area contributed by atoms with Crippen molar-refractivity contribution in [2.75, 3.05) is 17.3 Å². The Kier molecular flexibility index (Phi) is 3.05. The van der Waals surface area contributed by atoms with E-state index in [1.807, 2.05) is 25.4 Å². The van der Waals surface area contributed by atoms with Gasteiger partial charge in [-0.05, 0) is 24.5 Å². The minimum Gasteiger partial charge on any atom is -0.394 e. The van der Waals surface area contributed by atoms with E-state index >= 15 is 0 Å². The van der Waals surface area contributed by atoms with Crippen LogP contribution in [0.3, 0.4) is 0 Å². The van der Waals surface area contributed by atoms with Crippen LogP contribution in [0.1, 0.15) is 0 Å². The van der Waals surface area contributed by atoms with Crippen molar-refractivity contribution in [3.63, 3.8) is 0 Å². The Labute approximate surface area is 98.8 Å². The first-order valence-corrected chi connectivity index (χ1v) is 6.11. The Hall–Kier alpha value is -1.62. The maximum absolute atomic E-state index is 5.81. The van der Waals surface area contributed by atoms with Gasteiger partial charge in [-0.1, -0.05) is 6.07 Å². The number of hydrogen-bond acceptors (Lipinski definition) is 4. The first-order valence-electron chi connectivity index (χ1n) is 4.89. The number of thioether (sulfide) groups is 1. The van der Waals surface area contributed by atoms with Crippen LogP contribution in [0, 0.1) is 0 Å². The van der Waals surface area contributed by atoms with E-state index in [-0.39, 0.29) is 0 Å². The smallest absolute Gasteiger partial charge is 0.175 e. The summed E-state index contributed by atoms with van der Waals surface area (Å²) in [5, 5.41) is 7.43. The van der Waals surface area contributed by atoms with Crippen molar-refractivity contribution in [1.82, 2.24) is 9.78 Å². The lowest BCUT2D eigenvalue weighted by Gasteiger charge is -2.05. The summed E-state index contributed by atoms with van der Waals surface area (Å²) >= 11 is 1.71. The molecule has 0 aliphatic rings. The average molecular weight is 234 g/mol. The second kappa shape index (κ2) is 4.49. The summed E-state index contributed by atoms with van der Waals surface area (Å²) in [6, 6.07) is 8.14. The Balaban J connectivity index is 2.23. The van der Waals surface area contributed by atoms with Gasteiger partial charge in [-0.2, -0.15) is 5.10 Å². The summed E-state index contributed by atoms with van der Waals surface area (Å²) in [5.74, 6) is 0.695. The van der Waals surface area contributed by atoms with Crippen molar-refractivity contribution in [3.05, 3.63) is 30.5 Å². The van der Waals surface area contributed by atoms with E-state index in [4.69, 9.17) is 5.73 Å². The second-order valence-electron chi connectivity index (χ2n) is 3.46. The minimum absolute atomic E-state index is 0.650. The summed E-state index contributed by atoms with van der Waals surface area (Å²) in [7, 11) is 1.85. The summed E-state index contributed by atoms with van der Waals surface area (Å²) in [5.41, 5.74) is 7.46. The average Bonchev–Trinajstić information content (AvgIpc) is 2.58. The maximum Gasteiger partial charge on any atom is 0.175 e. The molecule has 0 amide bonds. The van der Waals surface area contributed by atoms with Crippen LogP contribution in [0.25, 0.3) is 0 Å². The molecule has 4 nitrogen and oxygen atoms in total. The Morgan fingerprint density at radius 1 is 1.44 bits per heavy atom. The number of nitrogens with zero attached hydrogens (tertiary/aromatic N) is 2. The number of aromatic nitrogens is 2.